The summed E-state index contributed by atoms with van der Waals surface area (Å²) in [5, 5.41) is 3.90. The van der Waals surface area contributed by atoms with E-state index < -0.39 is 5.97 Å². The Kier molecular flexibility index (Phi) is 5.41. The monoisotopic (exact) mass is 346 g/mol. The molecule has 3 rings (SSSR count). The topological polar surface area (TPSA) is 93.5 Å². The Balaban J connectivity index is 1.56. The van der Waals surface area contributed by atoms with Crippen molar-refractivity contribution >= 4 is 18.1 Å². The maximum atomic E-state index is 11.9. The average Bonchev–Trinajstić information content (AvgIpc) is 2.70. The number of esters is 1. The third kappa shape index (κ3) is 4.57. The van der Waals surface area contributed by atoms with Gasteiger partial charge in [0.15, 0.2) is 0 Å². The Morgan fingerprint density at radius 3 is 2.38 bits per heavy atom. The summed E-state index contributed by atoms with van der Waals surface area (Å²) >= 11 is 0. The zero-order valence-electron chi connectivity index (χ0n) is 13.6. The van der Waals surface area contributed by atoms with Gasteiger partial charge in [-0.2, -0.15) is 5.10 Å². The summed E-state index contributed by atoms with van der Waals surface area (Å²) < 4.78 is 5.26. The van der Waals surface area contributed by atoms with Crippen molar-refractivity contribution in [2.24, 2.45) is 5.10 Å². The molecule has 1 N–H and O–H groups in total. The van der Waals surface area contributed by atoms with Crippen molar-refractivity contribution in [2.45, 2.75) is 0 Å². The third-order valence-electron chi connectivity index (χ3n) is 3.31. The van der Waals surface area contributed by atoms with E-state index in [1.54, 1.807) is 54.7 Å². The quantitative estimate of drug-likeness (QED) is 0.331. The zero-order valence-corrected chi connectivity index (χ0v) is 13.6. The van der Waals surface area contributed by atoms with Crippen LogP contribution in [0.25, 0.3) is 0 Å². The second-order valence-corrected chi connectivity index (χ2v) is 5.14. The van der Waals surface area contributed by atoms with Crippen molar-refractivity contribution in [2.75, 3.05) is 0 Å². The molecule has 0 radical (unpaired) electrons. The van der Waals surface area contributed by atoms with E-state index in [0.29, 0.717) is 16.9 Å². The maximum absolute atomic E-state index is 11.9. The van der Waals surface area contributed by atoms with E-state index in [1.807, 2.05) is 0 Å². The van der Waals surface area contributed by atoms with E-state index in [9.17, 15) is 9.59 Å². The molecular weight excluding hydrogens is 332 g/mol. The number of hydrazone groups is 1. The molecule has 2 aromatic heterocycles. The van der Waals surface area contributed by atoms with Crippen molar-refractivity contribution in [1.29, 1.82) is 0 Å². The molecule has 0 fully saturated rings. The lowest BCUT2D eigenvalue weighted by Gasteiger charge is -2.04. The number of hydrogen-bond donors (Lipinski definition) is 1. The third-order valence-corrected chi connectivity index (χ3v) is 3.31. The number of amides is 1. The van der Waals surface area contributed by atoms with Crippen LogP contribution in [-0.2, 0) is 0 Å². The van der Waals surface area contributed by atoms with Crippen LogP contribution < -0.4 is 10.2 Å². The molecule has 26 heavy (non-hydrogen) atoms. The summed E-state index contributed by atoms with van der Waals surface area (Å²) in [5.74, 6) is -0.411. The van der Waals surface area contributed by atoms with Crippen LogP contribution in [0.5, 0.6) is 5.75 Å². The molecule has 1 aromatic carbocycles. The number of carbonyl (C=O) groups is 2. The Morgan fingerprint density at radius 1 is 0.923 bits per heavy atom. The predicted molar refractivity (Wildman–Crippen MR) is 94.9 cm³/mol. The smallest absolute Gasteiger partial charge is 0.345 e. The second kappa shape index (κ2) is 8.29. The molecule has 0 bridgehead atoms. The number of benzene rings is 1. The molecule has 0 aliphatic carbocycles. The summed E-state index contributed by atoms with van der Waals surface area (Å²) in [6, 6.07) is 13.2. The summed E-state index contributed by atoms with van der Waals surface area (Å²) in [4.78, 5) is 31.5. The molecule has 128 valence electrons. The first-order valence-electron chi connectivity index (χ1n) is 7.68. The van der Waals surface area contributed by atoms with Gasteiger partial charge in [0.1, 0.15) is 5.75 Å². The molecule has 1 amide bonds. The maximum Gasteiger partial charge on any atom is 0.345 e. The van der Waals surface area contributed by atoms with Crippen molar-refractivity contribution in [1.82, 2.24) is 15.4 Å². The number of rotatable bonds is 5. The highest BCUT2D eigenvalue weighted by Crippen LogP contribution is 2.13. The number of aromatic nitrogens is 2. The van der Waals surface area contributed by atoms with Gasteiger partial charge in [-0.25, -0.2) is 10.2 Å². The minimum Gasteiger partial charge on any atom is -0.423 e. The minimum atomic E-state index is -0.482. The van der Waals surface area contributed by atoms with E-state index in [-0.39, 0.29) is 5.91 Å². The number of ether oxygens (including phenoxy) is 1. The molecule has 7 heteroatoms. The summed E-state index contributed by atoms with van der Waals surface area (Å²) in [6.45, 7) is 0. The lowest BCUT2D eigenvalue weighted by Crippen LogP contribution is -2.17. The molecule has 7 nitrogen and oxygen atoms in total. The van der Waals surface area contributed by atoms with Crippen LogP contribution in [0.3, 0.4) is 0 Å². The molecule has 0 atom stereocenters. The first kappa shape index (κ1) is 17.0. The van der Waals surface area contributed by atoms with Crippen LogP contribution >= 0.6 is 0 Å². The van der Waals surface area contributed by atoms with Gasteiger partial charge in [-0.05, 0) is 54.1 Å². The average molecular weight is 346 g/mol. The number of pyridine rings is 2. The van der Waals surface area contributed by atoms with E-state index in [1.165, 1.54) is 24.8 Å². The standard InChI is InChI=1S/C19H14N4O3/c24-18(15-7-10-20-11-8-15)23-22-12-14-3-5-17(6-4-14)26-19(25)16-2-1-9-21-13-16/h1-13H,(H,23,24)/b22-12+. The fraction of sp³-hybridized carbons (Fsp3) is 0. The van der Waals surface area contributed by atoms with E-state index in [4.69, 9.17) is 4.74 Å². The Hall–Kier alpha value is -3.87. The van der Waals surface area contributed by atoms with Gasteiger partial charge in [-0.1, -0.05) is 0 Å². The molecule has 0 unspecified atom stereocenters. The van der Waals surface area contributed by atoms with Crippen LogP contribution in [0.1, 0.15) is 26.3 Å². The van der Waals surface area contributed by atoms with Crippen LogP contribution in [-0.4, -0.2) is 28.1 Å². The van der Waals surface area contributed by atoms with Gasteiger partial charge in [0, 0.05) is 30.4 Å². The SMILES string of the molecule is O=C(N/N=C/c1ccc(OC(=O)c2cccnc2)cc1)c1ccncc1. The number of nitrogens with zero attached hydrogens (tertiary/aromatic N) is 3. The summed E-state index contributed by atoms with van der Waals surface area (Å²) in [6.07, 6.45) is 7.58. The highest BCUT2D eigenvalue weighted by Gasteiger charge is 2.08. The Bertz CT molecular complexity index is 911. The lowest BCUT2D eigenvalue weighted by molar-refractivity contribution is 0.0734. The minimum absolute atomic E-state index is 0.328. The Labute approximate surface area is 149 Å². The van der Waals surface area contributed by atoms with Gasteiger partial charge < -0.3 is 4.74 Å². The first-order valence-corrected chi connectivity index (χ1v) is 7.68. The van der Waals surface area contributed by atoms with E-state index in [2.05, 4.69) is 20.5 Å². The first-order chi connectivity index (χ1) is 12.7. The van der Waals surface area contributed by atoms with Crippen molar-refractivity contribution < 1.29 is 14.3 Å². The normalized spacial score (nSPS) is 10.5. The van der Waals surface area contributed by atoms with Crippen molar-refractivity contribution in [3.05, 3.63) is 90.0 Å². The lowest BCUT2D eigenvalue weighted by atomic mass is 10.2. The van der Waals surface area contributed by atoms with E-state index >= 15 is 0 Å². The van der Waals surface area contributed by atoms with Crippen LogP contribution in [0.2, 0.25) is 0 Å². The zero-order chi connectivity index (χ0) is 18.2. The fourth-order valence-electron chi connectivity index (χ4n) is 2.00. The van der Waals surface area contributed by atoms with Gasteiger partial charge in [0.05, 0.1) is 11.8 Å². The van der Waals surface area contributed by atoms with Crippen molar-refractivity contribution in [3.8, 4) is 5.75 Å². The fourth-order valence-corrected chi connectivity index (χ4v) is 2.00. The molecule has 0 spiro atoms. The molecule has 0 aliphatic heterocycles. The molecule has 0 saturated heterocycles. The van der Waals surface area contributed by atoms with Gasteiger partial charge in [0.2, 0.25) is 0 Å². The highest BCUT2D eigenvalue weighted by molar-refractivity contribution is 5.94. The molecule has 2 heterocycles. The summed E-state index contributed by atoms with van der Waals surface area (Å²) in [7, 11) is 0. The van der Waals surface area contributed by atoms with Gasteiger partial charge >= 0.3 is 5.97 Å². The van der Waals surface area contributed by atoms with Gasteiger partial charge in [0.25, 0.3) is 5.91 Å². The van der Waals surface area contributed by atoms with Crippen LogP contribution in [0.4, 0.5) is 0 Å². The molecule has 3 aromatic rings. The number of carbonyl (C=O) groups excluding carboxylic acids is 2. The summed E-state index contributed by atoms with van der Waals surface area (Å²) in [5.41, 5.74) is 4.00. The van der Waals surface area contributed by atoms with Gasteiger partial charge in [-0.3, -0.25) is 14.8 Å². The highest BCUT2D eigenvalue weighted by atomic mass is 16.5. The van der Waals surface area contributed by atoms with Crippen LogP contribution in [0.15, 0.2) is 78.4 Å². The number of nitrogens with one attached hydrogen (secondary N) is 1. The van der Waals surface area contributed by atoms with Gasteiger partial charge in [-0.15, -0.1) is 0 Å². The largest absolute Gasteiger partial charge is 0.423 e. The molecular formula is C19H14N4O3. The van der Waals surface area contributed by atoms with Crippen LogP contribution in [0, 0.1) is 0 Å². The molecule has 0 aliphatic rings. The number of hydrogen-bond acceptors (Lipinski definition) is 6. The second-order valence-electron chi connectivity index (χ2n) is 5.14. The molecule has 0 saturated carbocycles. The van der Waals surface area contributed by atoms with E-state index in [0.717, 1.165) is 5.56 Å². The predicted octanol–water partition coefficient (Wildman–Crippen LogP) is 2.46. The Morgan fingerprint density at radius 2 is 1.69 bits per heavy atom. The van der Waals surface area contributed by atoms with Crippen molar-refractivity contribution in [3.63, 3.8) is 0 Å².